The van der Waals surface area contributed by atoms with Crippen LogP contribution in [0.15, 0.2) is 0 Å². The van der Waals surface area contributed by atoms with Crippen LogP contribution in [-0.4, -0.2) is 50.2 Å². The molecule has 0 aromatic heterocycles. The summed E-state index contributed by atoms with van der Waals surface area (Å²) in [5.41, 5.74) is 0.316. The van der Waals surface area contributed by atoms with E-state index in [0.717, 1.165) is 23.2 Å². The minimum atomic E-state index is -1.94. The smallest absolute Gasteiger partial charge is 0.138 e. The molecule has 86 valence electrons. The van der Waals surface area contributed by atoms with Crippen LogP contribution in [0.3, 0.4) is 0 Å². The van der Waals surface area contributed by atoms with E-state index < -0.39 is 6.34 Å². The first kappa shape index (κ1) is 14.5. The third kappa shape index (κ3) is 6.92. The predicted molar refractivity (Wildman–Crippen MR) is 68.6 cm³/mol. The van der Waals surface area contributed by atoms with Gasteiger partial charge >= 0.3 is 0 Å². The van der Waals surface area contributed by atoms with Crippen molar-refractivity contribution in [2.75, 3.05) is 40.1 Å². The maximum Gasteiger partial charge on any atom is 0.138 e. The van der Waals surface area contributed by atoms with Gasteiger partial charge in [0, 0.05) is 17.8 Å². The van der Waals surface area contributed by atoms with E-state index in [4.69, 9.17) is 0 Å². The van der Waals surface area contributed by atoms with Gasteiger partial charge in [-0.2, -0.15) is 0 Å². The molecule has 14 heavy (non-hydrogen) atoms. The Balaban J connectivity index is 3.71. The zero-order valence-corrected chi connectivity index (χ0v) is 12.1. The fourth-order valence-electron chi connectivity index (χ4n) is 0.934. The Bertz CT molecular complexity index is 211. The molecular formula is C10H25NOPS+. The van der Waals surface area contributed by atoms with Crippen LogP contribution in [0, 0.1) is 0 Å². The Morgan fingerprint density at radius 2 is 1.79 bits per heavy atom. The SMILES string of the molecule is CC(C)P(C)(=O)SCCC[N+](C)(C)C. The molecule has 0 aliphatic rings. The fourth-order valence-corrected chi connectivity index (χ4v) is 4.22. The van der Waals surface area contributed by atoms with Gasteiger partial charge in [0.1, 0.15) is 6.34 Å². The van der Waals surface area contributed by atoms with E-state index in [1.165, 1.54) is 0 Å². The predicted octanol–water partition coefficient (Wildman–Crippen LogP) is 3.13. The molecule has 0 aromatic rings. The molecule has 0 aromatic carbocycles. The molecule has 0 saturated heterocycles. The second-order valence-electron chi connectivity index (χ2n) is 5.20. The minimum absolute atomic E-state index is 0.316. The Labute approximate surface area is 93.2 Å². The Morgan fingerprint density at radius 3 is 2.14 bits per heavy atom. The van der Waals surface area contributed by atoms with Gasteiger partial charge in [0.05, 0.1) is 27.7 Å². The molecule has 1 unspecified atom stereocenters. The number of quaternary nitrogens is 1. The summed E-state index contributed by atoms with van der Waals surface area (Å²) in [6.07, 6.45) is -0.785. The van der Waals surface area contributed by atoms with Crippen molar-refractivity contribution < 1.29 is 9.05 Å². The van der Waals surface area contributed by atoms with Crippen molar-refractivity contribution in [3.63, 3.8) is 0 Å². The molecule has 0 saturated carbocycles. The van der Waals surface area contributed by atoms with E-state index in [0.29, 0.717) is 5.66 Å². The summed E-state index contributed by atoms with van der Waals surface area (Å²) in [5, 5.41) is 0. The molecule has 0 heterocycles. The van der Waals surface area contributed by atoms with Gasteiger partial charge in [-0.15, -0.1) is 0 Å². The molecule has 0 spiro atoms. The van der Waals surface area contributed by atoms with Crippen molar-refractivity contribution in [1.29, 1.82) is 0 Å². The Kier molecular flexibility index (Phi) is 5.79. The van der Waals surface area contributed by atoms with Gasteiger partial charge in [-0.3, -0.25) is 0 Å². The van der Waals surface area contributed by atoms with Gasteiger partial charge in [-0.1, -0.05) is 25.2 Å². The summed E-state index contributed by atoms with van der Waals surface area (Å²) < 4.78 is 13.0. The van der Waals surface area contributed by atoms with Gasteiger partial charge in [0.15, 0.2) is 0 Å². The van der Waals surface area contributed by atoms with E-state index in [9.17, 15) is 4.57 Å². The lowest BCUT2D eigenvalue weighted by Gasteiger charge is -2.24. The fraction of sp³-hybridized carbons (Fsp3) is 1.00. The van der Waals surface area contributed by atoms with Crippen molar-refractivity contribution in [1.82, 2.24) is 0 Å². The zero-order chi connectivity index (χ0) is 11.4. The van der Waals surface area contributed by atoms with Crippen molar-refractivity contribution in [2.45, 2.75) is 25.9 Å². The van der Waals surface area contributed by atoms with Crippen molar-refractivity contribution >= 4 is 17.7 Å². The average molecular weight is 238 g/mol. The molecule has 0 rings (SSSR count). The lowest BCUT2D eigenvalue weighted by Crippen LogP contribution is -2.35. The monoisotopic (exact) mass is 238 g/mol. The molecule has 0 fully saturated rings. The van der Waals surface area contributed by atoms with Gasteiger partial charge in [-0.25, -0.2) is 0 Å². The molecule has 0 bridgehead atoms. The molecule has 0 aliphatic carbocycles. The normalized spacial score (nSPS) is 17.1. The molecular weight excluding hydrogens is 213 g/mol. The standard InChI is InChI=1S/C10H25NOPS/c1-10(2)13(6,12)14-9-7-8-11(3,4)5/h10H,7-9H2,1-6H3/q+1. The maximum atomic E-state index is 12.0. The first-order valence-electron chi connectivity index (χ1n) is 5.17. The second-order valence-corrected chi connectivity index (χ2v) is 11.7. The third-order valence-corrected chi connectivity index (χ3v) is 8.47. The maximum absolute atomic E-state index is 12.0. The lowest BCUT2D eigenvalue weighted by atomic mass is 10.4. The molecule has 4 heteroatoms. The summed E-state index contributed by atoms with van der Waals surface area (Å²) in [6.45, 7) is 7.17. The first-order chi connectivity index (χ1) is 6.15. The third-order valence-electron chi connectivity index (χ3n) is 2.26. The molecule has 0 radical (unpaired) electrons. The average Bonchev–Trinajstić information content (AvgIpc) is 1.96. The highest BCUT2D eigenvalue weighted by atomic mass is 32.7. The van der Waals surface area contributed by atoms with Crippen molar-refractivity contribution in [2.24, 2.45) is 0 Å². The van der Waals surface area contributed by atoms with Gasteiger partial charge in [0.25, 0.3) is 0 Å². The summed E-state index contributed by atoms with van der Waals surface area (Å²) in [5.74, 6) is 1.03. The molecule has 0 aliphatic heterocycles. The zero-order valence-electron chi connectivity index (χ0n) is 10.4. The van der Waals surface area contributed by atoms with Crippen LogP contribution >= 0.6 is 17.7 Å². The minimum Gasteiger partial charge on any atom is -0.331 e. The molecule has 2 nitrogen and oxygen atoms in total. The quantitative estimate of drug-likeness (QED) is 0.402. The van der Waals surface area contributed by atoms with Gasteiger partial charge < -0.3 is 9.05 Å². The number of hydrogen-bond donors (Lipinski definition) is 0. The van der Waals surface area contributed by atoms with Crippen LogP contribution in [0.1, 0.15) is 20.3 Å². The van der Waals surface area contributed by atoms with Crippen LogP contribution < -0.4 is 0 Å². The van der Waals surface area contributed by atoms with Crippen LogP contribution in [0.4, 0.5) is 0 Å². The summed E-state index contributed by atoms with van der Waals surface area (Å²) in [4.78, 5) is 0. The van der Waals surface area contributed by atoms with Gasteiger partial charge in [-0.05, 0) is 6.66 Å². The van der Waals surface area contributed by atoms with Crippen molar-refractivity contribution in [3.05, 3.63) is 0 Å². The van der Waals surface area contributed by atoms with Crippen molar-refractivity contribution in [3.8, 4) is 0 Å². The number of hydrogen-bond acceptors (Lipinski definition) is 2. The number of rotatable bonds is 6. The van der Waals surface area contributed by atoms with Crippen LogP contribution in [0.25, 0.3) is 0 Å². The second kappa shape index (κ2) is 5.58. The van der Waals surface area contributed by atoms with E-state index in [2.05, 4.69) is 21.1 Å². The lowest BCUT2D eigenvalue weighted by molar-refractivity contribution is -0.870. The van der Waals surface area contributed by atoms with E-state index in [-0.39, 0.29) is 0 Å². The largest absolute Gasteiger partial charge is 0.331 e. The van der Waals surface area contributed by atoms with E-state index in [1.54, 1.807) is 11.4 Å². The summed E-state index contributed by atoms with van der Waals surface area (Å²) >= 11 is 1.67. The van der Waals surface area contributed by atoms with Crippen LogP contribution in [-0.2, 0) is 4.57 Å². The van der Waals surface area contributed by atoms with Crippen LogP contribution in [0.2, 0.25) is 0 Å². The van der Waals surface area contributed by atoms with E-state index in [1.807, 2.05) is 20.5 Å². The highest BCUT2D eigenvalue weighted by molar-refractivity contribution is 8.58. The molecule has 0 N–H and O–H groups in total. The summed E-state index contributed by atoms with van der Waals surface area (Å²) in [6, 6.07) is 0. The topological polar surface area (TPSA) is 17.1 Å². The highest BCUT2D eigenvalue weighted by Gasteiger charge is 2.20. The van der Waals surface area contributed by atoms with E-state index >= 15 is 0 Å². The Morgan fingerprint density at radius 1 is 1.29 bits per heavy atom. The molecule has 0 amide bonds. The van der Waals surface area contributed by atoms with Crippen LogP contribution in [0.5, 0.6) is 0 Å². The Hall–Kier alpha value is 0.540. The highest BCUT2D eigenvalue weighted by Crippen LogP contribution is 2.59. The first-order valence-corrected chi connectivity index (χ1v) is 8.99. The number of nitrogens with zero attached hydrogens (tertiary/aromatic N) is 1. The molecule has 1 atom stereocenters. The summed E-state index contributed by atoms with van der Waals surface area (Å²) in [7, 11) is 6.58. The van der Waals surface area contributed by atoms with Gasteiger partial charge in [0.2, 0.25) is 0 Å².